The summed E-state index contributed by atoms with van der Waals surface area (Å²) in [6, 6.07) is 10.00. The molecule has 1 aromatic rings. The molecule has 1 unspecified atom stereocenters. The molecule has 0 aromatic heterocycles. The van der Waals surface area contributed by atoms with Gasteiger partial charge in [0.1, 0.15) is 0 Å². The molecule has 0 heterocycles. The van der Waals surface area contributed by atoms with E-state index >= 15 is 0 Å². The topological polar surface area (TPSA) is 37.3 Å². The van der Waals surface area contributed by atoms with Crippen LogP contribution in [-0.2, 0) is 4.79 Å². The maximum atomic E-state index is 11.4. The molecule has 1 aliphatic carbocycles. The zero-order valence-corrected chi connectivity index (χ0v) is 11.0. The van der Waals surface area contributed by atoms with Gasteiger partial charge in [-0.05, 0) is 18.1 Å². The van der Waals surface area contributed by atoms with Gasteiger partial charge in [-0.3, -0.25) is 4.79 Å². The zero-order chi connectivity index (χ0) is 13.3. The molecule has 0 spiro atoms. The summed E-state index contributed by atoms with van der Waals surface area (Å²) in [5, 5.41) is 9.38. The highest BCUT2D eigenvalue weighted by molar-refractivity contribution is 5.83. The molecule has 1 atom stereocenters. The quantitative estimate of drug-likeness (QED) is 0.857. The Balaban J connectivity index is 2.53. The Kier molecular flexibility index (Phi) is 3.12. The van der Waals surface area contributed by atoms with E-state index in [-0.39, 0.29) is 0 Å². The minimum Gasteiger partial charge on any atom is -0.481 e. The van der Waals surface area contributed by atoms with Gasteiger partial charge in [0.25, 0.3) is 0 Å². The van der Waals surface area contributed by atoms with Gasteiger partial charge in [-0.2, -0.15) is 0 Å². The number of allylic oxidation sites excluding steroid dienone is 3. The lowest BCUT2D eigenvalue weighted by Crippen LogP contribution is -2.32. The SMILES string of the molecule is CC1=CC(C(=O)O)C(C)(C)C(c2ccccc2)=C1. The van der Waals surface area contributed by atoms with Crippen LogP contribution in [0.1, 0.15) is 26.3 Å². The first kappa shape index (κ1) is 12.6. The van der Waals surface area contributed by atoms with E-state index in [1.54, 1.807) is 0 Å². The average molecular weight is 242 g/mol. The van der Waals surface area contributed by atoms with E-state index in [9.17, 15) is 9.90 Å². The van der Waals surface area contributed by atoms with Gasteiger partial charge in [0.15, 0.2) is 0 Å². The monoisotopic (exact) mass is 242 g/mol. The minimum absolute atomic E-state index is 0.396. The third-order valence-electron chi connectivity index (χ3n) is 3.62. The summed E-state index contributed by atoms with van der Waals surface area (Å²) in [6.07, 6.45) is 3.93. The molecule has 2 nitrogen and oxygen atoms in total. The zero-order valence-electron chi connectivity index (χ0n) is 11.0. The number of hydrogen-bond acceptors (Lipinski definition) is 1. The van der Waals surface area contributed by atoms with Crippen LogP contribution in [0.15, 0.2) is 48.1 Å². The molecular weight excluding hydrogens is 224 g/mol. The van der Waals surface area contributed by atoms with Gasteiger partial charge in [-0.1, -0.05) is 61.9 Å². The molecule has 1 N–H and O–H groups in total. The van der Waals surface area contributed by atoms with Crippen molar-refractivity contribution in [3.8, 4) is 0 Å². The molecule has 94 valence electrons. The highest BCUT2D eigenvalue weighted by atomic mass is 16.4. The Labute approximate surface area is 108 Å². The van der Waals surface area contributed by atoms with Crippen LogP contribution in [0.4, 0.5) is 0 Å². The molecule has 0 aliphatic heterocycles. The van der Waals surface area contributed by atoms with Crippen molar-refractivity contribution in [3.05, 3.63) is 53.6 Å². The standard InChI is InChI=1S/C16H18O2/c1-11-9-13(12-7-5-4-6-8-12)16(2,3)14(10-11)15(17)18/h4-10,14H,1-3H3,(H,17,18). The van der Waals surface area contributed by atoms with E-state index in [1.807, 2.05) is 57.2 Å². The first-order chi connectivity index (χ1) is 8.43. The average Bonchev–Trinajstić information content (AvgIpc) is 2.32. The fraction of sp³-hybridized carbons (Fsp3) is 0.312. The molecular formula is C16H18O2. The van der Waals surface area contributed by atoms with Crippen LogP contribution in [0.3, 0.4) is 0 Å². The Morgan fingerprint density at radius 2 is 1.83 bits per heavy atom. The Hall–Kier alpha value is -1.83. The fourth-order valence-corrected chi connectivity index (χ4v) is 2.55. The third kappa shape index (κ3) is 2.10. The molecule has 2 heteroatoms. The van der Waals surface area contributed by atoms with Crippen molar-refractivity contribution in [2.24, 2.45) is 11.3 Å². The van der Waals surface area contributed by atoms with Gasteiger partial charge in [0.2, 0.25) is 0 Å². The second kappa shape index (κ2) is 4.45. The summed E-state index contributed by atoms with van der Waals surface area (Å²) < 4.78 is 0. The second-order valence-electron chi connectivity index (χ2n) is 5.37. The molecule has 1 aliphatic rings. The second-order valence-corrected chi connectivity index (χ2v) is 5.37. The van der Waals surface area contributed by atoms with E-state index in [0.717, 1.165) is 16.7 Å². The van der Waals surface area contributed by atoms with Crippen molar-refractivity contribution in [3.63, 3.8) is 0 Å². The van der Waals surface area contributed by atoms with Crippen molar-refractivity contribution < 1.29 is 9.90 Å². The molecule has 0 bridgehead atoms. The van der Waals surface area contributed by atoms with E-state index in [2.05, 4.69) is 6.08 Å². The van der Waals surface area contributed by atoms with E-state index < -0.39 is 17.3 Å². The van der Waals surface area contributed by atoms with Crippen molar-refractivity contribution in [1.82, 2.24) is 0 Å². The van der Waals surface area contributed by atoms with E-state index in [0.29, 0.717) is 0 Å². The summed E-state index contributed by atoms with van der Waals surface area (Å²) in [4.78, 5) is 11.4. The Bertz CT molecular complexity index is 521. The normalized spacial score (nSPS) is 22.1. The summed E-state index contributed by atoms with van der Waals surface area (Å²) >= 11 is 0. The van der Waals surface area contributed by atoms with Gasteiger partial charge in [-0.25, -0.2) is 0 Å². The first-order valence-corrected chi connectivity index (χ1v) is 6.12. The predicted octanol–water partition coefficient (Wildman–Crippen LogP) is 3.76. The highest BCUT2D eigenvalue weighted by Gasteiger charge is 2.39. The summed E-state index contributed by atoms with van der Waals surface area (Å²) in [5.41, 5.74) is 2.81. The number of carboxylic acid groups (broad SMARTS) is 1. The van der Waals surface area contributed by atoms with Gasteiger partial charge in [0.05, 0.1) is 5.92 Å². The molecule has 2 rings (SSSR count). The predicted molar refractivity (Wildman–Crippen MR) is 73.1 cm³/mol. The lowest BCUT2D eigenvalue weighted by Gasteiger charge is -2.36. The van der Waals surface area contributed by atoms with Crippen molar-refractivity contribution >= 4 is 11.5 Å². The molecule has 0 saturated carbocycles. The van der Waals surface area contributed by atoms with E-state index in [1.165, 1.54) is 0 Å². The first-order valence-electron chi connectivity index (χ1n) is 6.12. The smallest absolute Gasteiger partial charge is 0.311 e. The fourth-order valence-electron chi connectivity index (χ4n) is 2.55. The Morgan fingerprint density at radius 3 is 2.39 bits per heavy atom. The molecule has 18 heavy (non-hydrogen) atoms. The van der Waals surface area contributed by atoms with Gasteiger partial charge >= 0.3 is 5.97 Å². The molecule has 1 aromatic carbocycles. The summed E-state index contributed by atoms with van der Waals surface area (Å²) in [6.45, 7) is 5.94. The highest BCUT2D eigenvalue weighted by Crippen LogP contribution is 2.45. The maximum Gasteiger partial charge on any atom is 0.311 e. The van der Waals surface area contributed by atoms with Crippen LogP contribution in [-0.4, -0.2) is 11.1 Å². The van der Waals surface area contributed by atoms with Crippen molar-refractivity contribution in [1.29, 1.82) is 0 Å². The molecule has 0 radical (unpaired) electrons. The van der Waals surface area contributed by atoms with Crippen LogP contribution >= 0.6 is 0 Å². The van der Waals surface area contributed by atoms with Gasteiger partial charge < -0.3 is 5.11 Å². The maximum absolute atomic E-state index is 11.4. The number of carbonyl (C=O) groups is 1. The largest absolute Gasteiger partial charge is 0.481 e. The lowest BCUT2D eigenvalue weighted by atomic mass is 9.67. The van der Waals surface area contributed by atoms with Gasteiger partial charge in [0, 0.05) is 5.41 Å². The summed E-state index contributed by atoms with van der Waals surface area (Å²) in [5.74, 6) is -1.24. The molecule has 0 saturated heterocycles. The van der Waals surface area contributed by atoms with Crippen molar-refractivity contribution in [2.75, 3.05) is 0 Å². The van der Waals surface area contributed by atoms with Crippen LogP contribution in [0.2, 0.25) is 0 Å². The van der Waals surface area contributed by atoms with Gasteiger partial charge in [-0.15, -0.1) is 0 Å². The van der Waals surface area contributed by atoms with Crippen LogP contribution in [0.25, 0.3) is 5.57 Å². The lowest BCUT2D eigenvalue weighted by molar-refractivity contribution is -0.142. The number of aliphatic carboxylic acids is 1. The Morgan fingerprint density at radius 1 is 1.22 bits per heavy atom. The number of benzene rings is 1. The van der Waals surface area contributed by atoms with Crippen molar-refractivity contribution in [2.45, 2.75) is 20.8 Å². The molecule has 0 amide bonds. The van der Waals surface area contributed by atoms with Crippen LogP contribution in [0, 0.1) is 11.3 Å². The van der Waals surface area contributed by atoms with Crippen LogP contribution in [0.5, 0.6) is 0 Å². The number of hydrogen-bond donors (Lipinski definition) is 1. The number of carboxylic acids is 1. The van der Waals surface area contributed by atoms with Crippen LogP contribution < -0.4 is 0 Å². The molecule has 0 fully saturated rings. The third-order valence-corrected chi connectivity index (χ3v) is 3.62. The number of rotatable bonds is 2. The van der Waals surface area contributed by atoms with E-state index in [4.69, 9.17) is 0 Å². The summed E-state index contributed by atoms with van der Waals surface area (Å²) in [7, 11) is 0. The minimum atomic E-state index is -0.763.